The Bertz CT molecular complexity index is 274. The number of amides is 1. The molecule has 0 spiro atoms. The summed E-state index contributed by atoms with van der Waals surface area (Å²) in [5, 5.41) is 5.31. The summed E-state index contributed by atoms with van der Waals surface area (Å²) in [4.78, 5) is 11.2. The molecule has 84 valence electrons. The molecule has 0 aromatic carbocycles. The molecule has 0 bridgehead atoms. The SMILES string of the molecule is CCS(=O)(=O)CCNC(=O)C(C)NC. The van der Waals surface area contributed by atoms with E-state index < -0.39 is 9.84 Å². The molecule has 0 heterocycles. The fourth-order valence-corrected chi connectivity index (χ4v) is 1.46. The topological polar surface area (TPSA) is 75.3 Å². The Balaban J connectivity index is 3.81. The molecule has 2 N–H and O–H groups in total. The molecule has 0 aliphatic carbocycles. The van der Waals surface area contributed by atoms with Gasteiger partial charge >= 0.3 is 0 Å². The standard InChI is InChI=1S/C8H18N2O3S/c1-4-14(12,13)6-5-10-8(11)7(2)9-3/h7,9H,4-6H2,1-3H3,(H,10,11). The lowest BCUT2D eigenvalue weighted by atomic mass is 10.3. The third kappa shape index (κ3) is 5.18. The van der Waals surface area contributed by atoms with E-state index in [2.05, 4.69) is 10.6 Å². The Morgan fingerprint density at radius 3 is 2.43 bits per heavy atom. The van der Waals surface area contributed by atoms with Crippen LogP contribution in [0.5, 0.6) is 0 Å². The molecule has 0 aliphatic rings. The highest BCUT2D eigenvalue weighted by atomic mass is 32.2. The lowest BCUT2D eigenvalue weighted by Gasteiger charge is -2.10. The molecule has 0 saturated heterocycles. The molecule has 1 atom stereocenters. The molecule has 0 rings (SSSR count). The molecule has 1 amide bonds. The van der Waals surface area contributed by atoms with Crippen LogP contribution in [0.3, 0.4) is 0 Å². The van der Waals surface area contributed by atoms with Gasteiger partial charge in [-0.3, -0.25) is 4.79 Å². The van der Waals surface area contributed by atoms with Crippen molar-refractivity contribution in [1.82, 2.24) is 10.6 Å². The first kappa shape index (κ1) is 13.4. The van der Waals surface area contributed by atoms with Gasteiger partial charge in [0.2, 0.25) is 5.91 Å². The summed E-state index contributed by atoms with van der Waals surface area (Å²) >= 11 is 0. The molecular formula is C8H18N2O3S. The van der Waals surface area contributed by atoms with Crippen molar-refractivity contribution in [2.45, 2.75) is 19.9 Å². The van der Waals surface area contributed by atoms with E-state index >= 15 is 0 Å². The van der Waals surface area contributed by atoms with Crippen LogP contribution in [-0.2, 0) is 14.6 Å². The second-order valence-electron chi connectivity index (χ2n) is 3.04. The molecule has 14 heavy (non-hydrogen) atoms. The zero-order valence-electron chi connectivity index (χ0n) is 8.83. The average Bonchev–Trinajstić information content (AvgIpc) is 2.16. The van der Waals surface area contributed by atoms with Gasteiger partial charge in [-0.25, -0.2) is 8.42 Å². The molecule has 6 heteroatoms. The molecule has 0 radical (unpaired) electrons. The summed E-state index contributed by atoms with van der Waals surface area (Å²) in [5.41, 5.74) is 0. The van der Waals surface area contributed by atoms with E-state index in [1.165, 1.54) is 0 Å². The van der Waals surface area contributed by atoms with Crippen LogP contribution in [0.1, 0.15) is 13.8 Å². The van der Waals surface area contributed by atoms with Crippen molar-refractivity contribution in [2.24, 2.45) is 0 Å². The molecule has 1 unspecified atom stereocenters. The maximum atomic E-state index is 11.2. The summed E-state index contributed by atoms with van der Waals surface area (Å²) in [5.74, 6) is -0.0605. The van der Waals surface area contributed by atoms with Crippen molar-refractivity contribution in [3.63, 3.8) is 0 Å². The van der Waals surface area contributed by atoms with E-state index in [0.717, 1.165) is 0 Å². The Morgan fingerprint density at radius 1 is 1.43 bits per heavy atom. The summed E-state index contributed by atoms with van der Waals surface area (Å²) in [6.45, 7) is 3.48. The molecule has 5 nitrogen and oxygen atoms in total. The number of likely N-dealkylation sites (N-methyl/N-ethyl adjacent to an activating group) is 1. The Morgan fingerprint density at radius 2 is 2.00 bits per heavy atom. The molecule has 0 aliphatic heterocycles. The molecule has 0 saturated carbocycles. The number of sulfone groups is 1. The van der Waals surface area contributed by atoms with Crippen molar-refractivity contribution < 1.29 is 13.2 Å². The van der Waals surface area contributed by atoms with Crippen LogP contribution in [0, 0.1) is 0 Å². The minimum Gasteiger partial charge on any atom is -0.354 e. The third-order valence-corrected chi connectivity index (χ3v) is 3.68. The predicted octanol–water partition coefficient (Wildman–Crippen LogP) is -0.855. The Labute approximate surface area is 85.2 Å². The van der Waals surface area contributed by atoms with E-state index in [-0.39, 0.29) is 30.0 Å². The summed E-state index contributed by atoms with van der Waals surface area (Å²) in [7, 11) is -1.31. The van der Waals surface area contributed by atoms with Gasteiger partial charge in [-0.15, -0.1) is 0 Å². The average molecular weight is 222 g/mol. The van der Waals surface area contributed by atoms with Gasteiger partial charge in [0.25, 0.3) is 0 Å². The van der Waals surface area contributed by atoms with Crippen LogP contribution < -0.4 is 10.6 Å². The van der Waals surface area contributed by atoms with Crippen LogP contribution >= 0.6 is 0 Å². The first-order valence-electron chi connectivity index (χ1n) is 4.58. The zero-order chi connectivity index (χ0) is 11.2. The number of carbonyl (C=O) groups is 1. The second kappa shape index (κ2) is 5.98. The lowest BCUT2D eigenvalue weighted by molar-refractivity contribution is -0.122. The minimum absolute atomic E-state index is 0.00563. The smallest absolute Gasteiger partial charge is 0.236 e. The van der Waals surface area contributed by atoms with Gasteiger partial charge in [0, 0.05) is 12.3 Å². The van der Waals surface area contributed by atoms with E-state index in [0.29, 0.717) is 0 Å². The van der Waals surface area contributed by atoms with E-state index in [1.807, 2.05) is 0 Å². The molecule has 0 aromatic rings. The highest BCUT2D eigenvalue weighted by Crippen LogP contribution is 1.87. The second-order valence-corrected chi connectivity index (χ2v) is 5.51. The van der Waals surface area contributed by atoms with Gasteiger partial charge in [0.05, 0.1) is 11.8 Å². The van der Waals surface area contributed by atoms with E-state index in [9.17, 15) is 13.2 Å². The lowest BCUT2D eigenvalue weighted by Crippen LogP contribution is -2.42. The van der Waals surface area contributed by atoms with Crippen LogP contribution in [0.25, 0.3) is 0 Å². The first-order valence-corrected chi connectivity index (χ1v) is 6.40. The normalized spacial score (nSPS) is 13.6. The van der Waals surface area contributed by atoms with Gasteiger partial charge in [-0.1, -0.05) is 6.92 Å². The fraction of sp³-hybridized carbons (Fsp3) is 0.875. The van der Waals surface area contributed by atoms with Crippen LogP contribution in [0.2, 0.25) is 0 Å². The number of rotatable bonds is 6. The van der Waals surface area contributed by atoms with Crippen molar-refractivity contribution in [1.29, 1.82) is 0 Å². The van der Waals surface area contributed by atoms with Gasteiger partial charge in [0.1, 0.15) is 0 Å². The van der Waals surface area contributed by atoms with Gasteiger partial charge < -0.3 is 10.6 Å². The first-order chi connectivity index (χ1) is 6.43. The summed E-state index contributed by atoms with van der Waals surface area (Å²) < 4.78 is 22.1. The number of hydrogen-bond donors (Lipinski definition) is 2. The van der Waals surface area contributed by atoms with Gasteiger partial charge in [-0.2, -0.15) is 0 Å². The number of carbonyl (C=O) groups excluding carboxylic acids is 1. The molecule has 0 aromatic heterocycles. The Kier molecular flexibility index (Phi) is 5.71. The van der Waals surface area contributed by atoms with Crippen molar-refractivity contribution >= 4 is 15.7 Å². The highest BCUT2D eigenvalue weighted by Gasteiger charge is 2.11. The number of nitrogens with one attached hydrogen (secondary N) is 2. The van der Waals surface area contributed by atoms with Gasteiger partial charge in [0.15, 0.2) is 9.84 Å². The third-order valence-electron chi connectivity index (χ3n) is 1.98. The van der Waals surface area contributed by atoms with Crippen molar-refractivity contribution in [2.75, 3.05) is 25.1 Å². The van der Waals surface area contributed by atoms with E-state index in [4.69, 9.17) is 0 Å². The fourth-order valence-electron chi connectivity index (χ4n) is 0.758. The highest BCUT2D eigenvalue weighted by molar-refractivity contribution is 7.91. The minimum atomic E-state index is -2.98. The predicted molar refractivity (Wildman–Crippen MR) is 55.9 cm³/mol. The number of hydrogen-bond acceptors (Lipinski definition) is 4. The maximum absolute atomic E-state index is 11.2. The van der Waals surface area contributed by atoms with E-state index in [1.54, 1.807) is 20.9 Å². The summed E-state index contributed by atoms with van der Waals surface area (Å²) in [6, 6.07) is -0.292. The van der Waals surface area contributed by atoms with Crippen molar-refractivity contribution in [3.05, 3.63) is 0 Å². The van der Waals surface area contributed by atoms with Gasteiger partial charge in [-0.05, 0) is 14.0 Å². The van der Waals surface area contributed by atoms with Crippen molar-refractivity contribution in [3.8, 4) is 0 Å². The Hall–Kier alpha value is -0.620. The monoisotopic (exact) mass is 222 g/mol. The summed E-state index contributed by atoms with van der Waals surface area (Å²) in [6.07, 6.45) is 0. The van der Waals surface area contributed by atoms with Crippen LogP contribution in [0.15, 0.2) is 0 Å². The quantitative estimate of drug-likeness (QED) is 0.613. The largest absolute Gasteiger partial charge is 0.354 e. The molecular weight excluding hydrogens is 204 g/mol. The maximum Gasteiger partial charge on any atom is 0.236 e. The molecule has 0 fully saturated rings. The van der Waals surface area contributed by atoms with Crippen LogP contribution in [-0.4, -0.2) is 45.5 Å². The zero-order valence-corrected chi connectivity index (χ0v) is 9.65. The van der Waals surface area contributed by atoms with Crippen LogP contribution in [0.4, 0.5) is 0 Å².